The van der Waals surface area contributed by atoms with E-state index in [1.165, 1.54) is 38.9 Å². The number of hydrogen-bond acceptors (Lipinski definition) is 5. The van der Waals surface area contributed by atoms with Crippen molar-refractivity contribution in [2.45, 2.75) is 41.0 Å². The Morgan fingerprint density at radius 2 is 1.68 bits per heavy atom. The Labute approximate surface area is 237 Å². The van der Waals surface area contributed by atoms with E-state index < -0.39 is 0 Å². The molecule has 0 aliphatic heterocycles. The van der Waals surface area contributed by atoms with Gasteiger partial charge < -0.3 is 24.5 Å². The smallest absolute Gasteiger partial charge is 0.161 e. The standard InChI is InChI=1S/C34H40N4O2/c1-7-40-31-11-10-26(20-32(31)39-6)12-13-35-14-15-36-28-19-25(5)37-29-21-30-27(9-8-16-38(30)34(28)29)33-23(3)17-22(2)18-24(33)4/h8-11,16-21,35H,7,12-15H2,1-6H3,(H,36,37). The van der Waals surface area contributed by atoms with Gasteiger partial charge in [0.2, 0.25) is 0 Å². The van der Waals surface area contributed by atoms with Gasteiger partial charge in [0.1, 0.15) is 0 Å². The summed E-state index contributed by atoms with van der Waals surface area (Å²) in [6, 6.07) is 19.4. The maximum atomic E-state index is 5.63. The van der Waals surface area contributed by atoms with Gasteiger partial charge in [0.25, 0.3) is 0 Å². The van der Waals surface area contributed by atoms with Crippen LogP contribution in [0.15, 0.2) is 60.8 Å². The number of nitrogens with one attached hydrogen (secondary N) is 2. The molecule has 2 aromatic carbocycles. The van der Waals surface area contributed by atoms with Crippen molar-refractivity contribution >= 4 is 22.2 Å². The SMILES string of the molecule is CCOc1ccc(CCNCCNc2cc(C)nc3cc4c(-c5c(C)cc(C)cc5C)cccn4c23)cc1OC. The Balaban J connectivity index is 1.30. The van der Waals surface area contributed by atoms with Gasteiger partial charge in [-0.05, 0) is 100 Å². The second-order valence-corrected chi connectivity index (χ2v) is 10.5. The second kappa shape index (κ2) is 12.0. The van der Waals surface area contributed by atoms with Crippen LogP contribution in [0.1, 0.15) is 34.9 Å². The first-order chi connectivity index (χ1) is 19.4. The maximum Gasteiger partial charge on any atom is 0.161 e. The zero-order valence-corrected chi connectivity index (χ0v) is 24.5. The molecule has 6 heteroatoms. The predicted octanol–water partition coefficient (Wildman–Crippen LogP) is 7.04. The fraction of sp³-hybridized carbons (Fsp3) is 0.324. The van der Waals surface area contributed by atoms with E-state index in [0.29, 0.717) is 6.61 Å². The Morgan fingerprint density at radius 1 is 0.875 bits per heavy atom. The molecule has 5 aromatic rings. The Hall–Kier alpha value is -4.03. The first kappa shape index (κ1) is 27.5. The van der Waals surface area contributed by atoms with Gasteiger partial charge in [-0.15, -0.1) is 0 Å². The monoisotopic (exact) mass is 536 g/mol. The molecule has 0 bridgehead atoms. The number of rotatable bonds is 11. The van der Waals surface area contributed by atoms with Gasteiger partial charge in [-0.3, -0.25) is 4.98 Å². The van der Waals surface area contributed by atoms with Crippen LogP contribution in [0.5, 0.6) is 11.5 Å². The topological polar surface area (TPSA) is 59.8 Å². The van der Waals surface area contributed by atoms with Crippen LogP contribution in [0.4, 0.5) is 5.69 Å². The lowest BCUT2D eigenvalue weighted by Gasteiger charge is -2.14. The van der Waals surface area contributed by atoms with Crippen LogP contribution in [-0.4, -0.2) is 42.7 Å². The number of fused-ring (bicyclic) bond motifs is 3. The van der Waals surface area contributed by atoms with Gasteiger partial charge in [0.15, 0.2) is 11.5 Å². The minimum Gasteiger partial charge on any atom is -0.493 e. The molecule has 6 nitrogen and oxygen atoms in total. The van der Waals surface area contributed by atoms with Crippen LogP contribution in [0.3, 0.4) is 0 Å². The van der Waals surface area contributed by atoms with Gasteiger partial charge >= 0.3 is 0 Å². The van der Waals surface area contributed by atoms with Crippen LogP contribution in [-0.2, 0) is 6.42 Å². The maximum absolute atomic E-state index is 5.63. The van der Waals surface area contributed by atoms with Crippen LogP contribution in [0.25, 0.3) is 27.7 Å². The number of hydrogen-bond donors (Lipinski definition) is 2. The summed E-state index contributed by atoms with van der Waals surface area (Å²) < 4.78 is 13.4. The summed E-state index contributed by atoms with van der Waals surface area (Å²) in [6.07, 6.45) is 3.07. The van der Waals surface area contributed by atoms with Gasteiger partial charge in [-0.2, -0.15) is 0 Å². The van der Waals surface area contributed by atoms with Gasteiger partial charge in [-0.25, -0.2) is 0 Å². The molecule has 5 rings (SSSR count). The summed E-state index contributed by atoms with van der Waals surface area (Å²) in [5, 5.41) is 7.24. The van der Waals surface area contributed by atoms with Crippen molar-refractivity contribution in [2.24, 2.45) is 0 Å². The third-order valence-corrected chi connectivity index (χ3v) is 7.38. The van der Waals surface area contributed by atoms with Gasteiger partial charge in [-0.1, -0.05) is 29.8 Å². The lowest BCUT2D eigenvalue weighted by Crippen LogP contribution is -2.24. The molecule has 0 unspecified atom stereocenters. The number of aromatic nitrogens is 2. The third-order valence-electron chi connectivity index (χ3n) is 7.38. The highest BCUT2D eigenvalue weighted by Gasteiger charge is 2.16. The summed E-state index contributed by atoms with van der Waals surface area (Å²) in [5.74, 6) is 1.58. The molecule has 3 heterocycles. The van der Waals surface area contributed by atoms with E-state index in [4.69, 9.17) is 14.5 Å². The Kier molecular flexibility index (Phi) is 8.27. The minimum absolute atomic E-state index is 0.625. The summed E-state index contributed by atoms with van der Waals surface area (Å²) >= 11 is 0. The highest BCUT2D eigenvalue weighted by molar-refractivity contribution is 5.98. The highest BCUT2D eigenvalue weighted by Crippen LogP contribution is 2.36. The normalized spacial score (nSPS) is 11.3. The summed E-state index contributed by atoms with van der Waals surface area (Å²) in [5.41, 5.74) is 13.1. The Morgan fingerprint density at radius 3 is 2.42 bits per heavy atom. The molecule has 0 fully saturated rings. The van der Waals surface area contributed by atoms with Crippen molar-refractivity contribution in [3.63, 3.8) is 0 Å². The first-order valence-electron chi connectivity index (χ1n) is 14.1. The zero-order chi connectivity index (χ0) is 28.2. The van der Waals surface area contributed by atoms with Crippen LogP contribution < -0.4 is 20.1 Å². The fourth-order valence-electron chi connectivity index (χ4n) is 5.77. The van der Waals surface area contributed by atoms with Crippen molar-refractivity contribution in [3.05, 3.63) is 88.7 Å². The minimum atomic E-state index is 0.625. The molecule has 0 atom stereocenters. The molecule has 0 amide bonds. The lowest BCUT2D eigenvalue weighted by atomic mass is 9.94. The molecule has 0 aliphatic carbocycles. The molecule has 208 valence electrons. The van der Waals surface area contributed by atoms with Crippen molar-refractivity contribution in [1.29, 1.82) is 0 Å². The first-order valence-corrected chi connectivity index (χ1v) is 14.1. The average Bonchev–Trinajstić information content (AvgIpc) is 3.30. The van der Waals surface area contributed by atoms with Crippen LogP contribution >= 0.6 is 0 Å². The lowest BCUT2D eigenvalue weighted by molar-refractivity contribution is 0.310. The van der Waals surface area contributed by atoms with Crippen molar-refractivity contribution in [3.8, 4) is 22.6 Å². The summed E-state index contributed by atoms with van der Waals surface area (Å²) in [4.78, 5) is 4.89. The Bertz CT molecular complexity index is 1630. The molecule has 0 radical (unpaired) electrons. The molecule has 0 saturated heterocycles. The predicted molar refractivity (Wildman–Crippen MR) is 166 cm³/mol. The number of pyridine rings is 2. The number of aryl methyl sites for hydroxylation is 4. The molecule has 2 N–H and O–H groups in total. The van der Waals surface area contributed by atoms with E-state index in [1.807, 2.05) is 13.0 Å². The van der Waals surface area contributed by atoms with Crippen LogP contribution in [0, 0.1) is 27.7 Å². The van der Waals surface area contributed by atoms with Crippen molar-refractivity contribution in [1.82, 2.24) is 14.7 Å². The second-order valence-electron chi connectivity index (χ2n) is 10.5. The summed E-state index contributed by atoms with van der Waals surface area (Å²) in [7, 11) is 1.68. The largest absolute Gasteiger partial charge is 0.493 e. The number of nitrogens with zero attached hydrogens (tertiary/aromatic N) is 2. The van der Waals surface area contributed by atoms with Gasteiger partial charge in [0.05, 0.1) is 36.0 Å². The van der Waals surface area contributed by atoms with E-state index in [-0.39, 0.29) is 0 Å². The van der Waals surface area contributed by atoms with E-state index in [9.17, 15) is 0 Å². The van der Waals surface area contributed by atoms with E-state index in [1.54, 1.807) is 7.11 Å². The quantitative estimate of drug-likeness (QED) is 0.177. The molecular weight excluding hydrogens is 496 g/mol. The van der Waals surface area contributed by atoms with Crippen molar-refractivity contribution < 1.29 is 9.47 Å². The molecule has 0 saturated carbocycles. The average molecular weight is 537 g/mol. The highest BCUT2D eigenvalue weighted by atomic mass is 16.5. The zero-order valence-electron chi connectivity index (χ0n) is 24.5. The molecular formula is C34H40N4O2. The molecule has 40 heavy (non-hydrogen) atoms. The summed E-state index contributed by atoms with van der Waals surface area (Å²) in [6.45, 7) is 13.8. The number of benzene rings is 2. The van der Waals surface area contributed by atoms with E-state index in [2.05, 4.69) is 97.5 Å². The van der Waals surface area contributed by atoms with Gasteiger partial charge in [0, 0.05) is 30.5 Å². The fourth-order valence-corrected chi connectivity index (χ4v) is 5.77. The van der Waals surface area contributed by atoms with E-state index >= 15 is 0 Å². The van der Waals surface area contributed by atoms with Crippen LogP contribution in [0.2, 0.25) is 0 Å². The number of anilines is 1. The number of ether oxygens (including phenoxy) is 2. The number of methoxy groups -OCH3 is 1. The molecule has 0 aliphatic rings. The molecule has 0 spiro atoms. The van der Waals surface area contributed by atoms with E-state index in [0.717, 1.165) is 60.0 Å². The molecule has 3 aromatic heterocycles. The van der Waals surface area contributed by atoms with Crippen molar-refractivity contribution in [2.75, 3.05) is 38.7 Å². The third kappa shape index (κ3) is 5.63.